The van der Waals surface area contributed by atoms with Crippen LogP contribution in [0.15, 0.2) is 35.1 Å². The number of carbonyl (C=O) groups excluding carboxylic acids is 1. The van der Waals surface area contributed by atoms with Gasteiger partial charge >= 0.3 is 0 Å². The van der Waals surface area contributed by atoms with Crippen molar-refractivity contribution in [2.75, 3.05) is 5.32 Å². The Morgan fingerprint density at radius 3 is 2.88 bits per heavy atom. The van der Waals surface area contributed by atoms with Crippen LogP contribution in [0.25, 0.3) is 0 Å². The number of hydrogen-bond donors (Lipinski definition) is 1. The van der Waals surface area contributed by atoms with Gasteiger partial charge in [0.05, 0.1) is 5.56 Å². The van der Waals surface area contributed by atoms with Gasteiger partial charge in [-0.3, -0.25) is 9.78 Å². The minimum absolute atomic E-state index is 0. The molecule has 0 spiro atoms. The molecule has 1 N–H and O–H groups in total. The average Bonchev–Trinajstić information content (AvgIpc) is 2.65. The molecule has 0 aliphatic rings. The number of amides is 1. The summed E-state index contributed by atoms with van der Waals surface area (Å²) in [4.78, 5) is 15.4. The average molecular weight is 240 g/mol. The standard InChI is InChI=1S/C10H9N3O2.ClH/c1-7-5-9(13-15-7)12-10(14)8-3-2-4-11-6-8;/h2-6H,1H3,(H,12,13,14);1H. The van der Waals surface area contributed by atoms with Gasteiger partial charge in [0.2, 0.25) is 0 Å². The Balaban J connectivity index is 0.00000128. The van der Waals surface area contributed by atoms with Gasteiger partial charge in [-0.15, -0.1) is 12.4 Å². The summed E-state index contributed by atoms with van der Waals surface area (Å²) in [6.07, 6.45) is 3.10. The molecule has 2 aromatic heterocycles. The van der Waals surface area contributed by atoms with Crippen molar-refractivity contribution in [3.63, 3.8) is 0 Å². The number of aryl methyl sites for hydroxylation is 1. The second-order valence-corrected chi connectivity index (χ2v) is 3.02. The molecule has 0 atom stereocenters. The van der Waals surface area contributed by atoms with Crippen LogP contribution < -0.4 is 5.32 Å². The van der Waals surface area contributed by atoms with Gasteiger partial charge in [-0.1, -0.05) is 5.16 Å². The highest BCUT2D eigenvalue weighted by atomic mass is 35.5. The van der Waals surface area contributed by atoms with Crippen LogP contribution in [-0.2, 0) is 0 Å². The number of halogens is 1. The van der Waals surface area contributed by atoms with Crippen molar-refractivity contribution < 1.29 is 9.32 Å². The Morgan fingerprint density at radius 2 is 2.31 bits per heavy atom. The van der Waals surface area contributed by atoms with Crippen LogP contribution in [0.3, 0.4) is 0 Å². The molecule has 16 heavy (non-hydrogen) atoms. The molecular formula is C10H10ClN3O2. The molecule has 5 nitrogen and oxygen atoms in total. The lowest BCUT2D eigenvalue weighted by molar-refractivity contribution is 0.102. The summed E-state index contributed by atoms with van der Waals surface area (Å²) >= 11 is 0. The maximum Gasteiger partial charge on any atom is 0.258 e. The van der Waals surface area contributed by atoms with Crippen LogP contribution in [-0.4, -0.2) is 16.0 Å². The molecule has 84 valence electrons. The van der Waals surface area contributed by atoms with Gasteiger partial charge < -0.3 is 9.84 Å². The van der Waals surface area contributed by atoms with Crippen molar-refractivity contribution in [3.05, 3.63) is 41.9 Å². The zero-order chi connectivity index (χ0) is 10.7. The van der Waals surface area contributed by atoms with Gasteiger partial charge in [0.1, 0.15) is 5.76 Å². The smallest absolute Gasteiger partial charge is 0.258 e. The second kappa shape index (κ2) is 5.27. The maximum atomic E-state index is 11.6. The van der Waals surface area contributed by atoms with Gasteiger partial charge in [0.15, 0.2) is 5.82 Å². The molecule has 0 unspecified atom stereocenters. The number of carbonyl (C=O) groups is 1. The summed E-state index contributed by atoms with van der Waals surface area (Å²) in [7, 11) is 0. The summed E-state index contributed by atoms with van der Waals surface area (Å²) in [5.41, 5.74) is 0.484. The van der Waals surface area contributed by atoms with Crippen molar-refractivity contribution in [1.82, 2.24) is 10.1 Å². The Kier molecular flexibility index (Phi) is 4.02. The van der Waals surface area contributed by atoms with Crippen molar-refractivity contribution in [3.8, 4) is 0 Å². The van der Waals surface area contributed by atoms with E-state index in [0.29, 0.717) is 17.1 Å². The molecule has 0 aliphatic carbocycles. The maximum absolute atomic E-state index is 11.6. The van der Waals surface area contributed by atoms with Crippen LogP contribution in [0.5, 0.6) is 0 Å². The number of anilines is 1. The fraction of sp³-hybridized carbons (Fsp3) is 0.100. The second-order valence-electron chi connectivity index (χ2n) is 3.02. The molecule has 6 heteroatoms. The van der Waals surface area contributed by atoms with E-state index >= 15 is 0 Å². The summed E-state index contributed by atoms with van der Waals surface area (Å²) in [5, 5.41) is 6.25. The summed E-state index contributed by atoms with van der Waals surface area (Å²) in [5.74, 6) is 0.800. The molecular weight excluding hydrogens is 230 g/mol. The van der Waals surface area contributed by atoms with Crippen LogP contribution in [0, 0.1) is 6.92 Å². The summed E-state index contributed by atoms with van der Waals surface area (Å²) in [6, 6.07) is 5.02. The van der Waals surface area contributed by atoms with E-state index in [0.717, 1.165) is 0 Å². The summed E-state index contributed by atoms with van der Waals surface area (Å²) in [6.45, 7) is 1.76. The largest absolute Gasteiger partial charge is 0.360 e. The first-order chi connectivity index (χ1) is 7.25. The third-order valence-corrected chi connectivity index (χ3v) is 1.79. The molecule has 0 bridgehead atoms. The fourth-order valence-electron chi connectivity index (χ4n) is 1.11. The minimum atomic E-state index is -0.253. The molecule has 0 aliphatic heterocycles. The molecule has 1 amide bonds. The molecule has 2 aromatic rings. The third kappa shape index (κ3) is 2.80. The third-order valence-electron chi connectivity index (χ3n) is 1.79. The molecule has 0 saturated carbocycles. The first kappa shape index (κ1) is 12.2. The molecule has 2 rings (SSSR count). The number of nitrogens with zero attached hydrogens (tertiary/aromatic N) is 2. The van der Waals surface area contributed by atoms with E-state index in [1.165, 1.54) is 6.20 Å². The molecule has 0 aromatic carbocycles. The predicted molar refractivity (Wildman–Crippen MR) is 60.7 cm³/mol. The van der Waals surface area contributed by atoms with Gasteiger partial charge in [0.25, 0.3) is 5.91 Å². The normalized spacial score (nSPS) is 9.31. The van der Waals surface area contributed by atoms with E-state index in [2.05, 4.69) is 15.5 Å². The molecule has 0 saturated heterocycles. The van der Waals surface area contributed by atoms with Gasteiger partial charge in [0, 0.05) is 18.5 Å². The van der Waals surface area contributed by atoms with Crippen molar-refractivity contribution >= 4 is 24.1 Å². The zero-order valence-electron chi connectivity index (χ0n) is 8.51. The van der Waals surface area contributed by atoms with Gasteiger partial charge in [-0.25, -0.2) is 0 Å². The number of pyridine rings is 1. The quantitative estimate of drug-likeness (QED) is 0.871. The van der Waals surface area contributed by atoms with Crippen molar-refractivity contribution in [2.24, 2.45) is 0 Å². The summed E-state index contributed by atoms with van der Waals surface area (Å²) < 4.78 is 4.82. The fourth-order valence-corrected chi connectivity index (χ4v) is 1.11. The van der Waals surface area contributed by atoms with Gasteiger partial charge in [-0.2, -0.15) is 0 Å². The monoisotopic (exact) mass is 239 g/mol. The van der Waals surface area contributed by atoms with Crippen LogP contribution >= 0.6 is 12.4 Å². The lowest BCUT2D eigenvalue weighted by Gasteiger charge is -1.99. The van der Waals surface area contributed by atoms with Crippen LogP contribution in [0.1, 0.15) is 16.1 Å². The first-order valence-corrected chi connectivity index (χ1v) is 4.40. The number of hydrogen-bond acceptors (Lipinski definition) is 4. The van der Waals surface area contributed by atoms with E-state index < -0.39 is 0 Å². The Labute approximate surface area is 98.3 Å². The zero-order valence-corrected chi connectivity index (χ0v) is 9.32. The lowest BCUT2D eigenvalue weighted by Crippen LogP contribution is -2.12. The van der Waals surface area contributed by atoms with Crippen molar-refractivity contribution in [2.45, 2.75) is 6.92 Å². The highest BCUT2D eigenvalue weighted by molar-refractivity contribution is 6.03. The van der Waals surface area contributed by atoms with E-state index in [4.69, 9.17) is 4.52 Å². The van der Waals surface area contributed by atoms with Crippen LogP contribution in [0.2, 0.25) is 0 Å². The number of rotatable bonds is 2. The molecule has 0 radical (unpaired) electrons. The highest BCUT2D eigenvalue weighted by Crippen LogP contribution is 2.08. The molecule has 2 heterocycles. The van der Waals surface area contributed by atoms with E-state index in [1.54, 1.807) is 31.3 Å². The highest BCUT2D eigenvalue weighted by Gasteiger charge is 2.07. The topological polar surface area (TPSA) is 68.0 Å². The first-order valence-electron chi connectivity index (χ1n) is 4.40. The number of nitrogens with one attached hydrogen (secondary N) is 1. The van der Waals surface area contributed by atoms with E-state index in [-0.39, 0.29) is 18.3 Å². The number of aromatic nitrogens is 2. The predicted octanol–water partition coefficient (Wildman–Crippen LogP) is 2.05. The van der Waals surface area contributed by atoms with E-state index in [1.807, 2.05) is 0 Å². The SMILES string of the molecule is Cc1cc(NC(=O)c2cccnc2)no1.Cl. The Hall–Kier alpha value is -1.88. The minimum Gasteiger partial charge on any atom is -0.360 e. The van der Waals surface area contributed by atoms with Crippen LogP contribution in [0.4, 0.5) is 5.82 Å². The lowest BCUT2D eigenvalue weighted by atomic mass is 10.3. The van der Waals surface area contributed by atoms with Crippen molar-refractivity contribution in [1.29, 1.82) is 0 Å². The Morgan fingerprint density at radius 1 is 1.50 bits per heavy atom. The van der Waals surface area contributed by atoms with E-state index in [9.17, 15) is 4.79 Å². The Bertz CT molecular complexity index is 470. The molecule has 0 fully saturated rings. The van der Waals surface area contributed by atoms with Gasteiger partial charge in [-0.05, 0) is 19.1 Å².